The zero-order valence-electron chi connectivity index (χ0n) is 10.6. The largest absolute Gasteiger partial charge is 0.495 e. The second kappa shape index (κ2) is 5.34. The van der Waals surface area contributed by atoms with E-state index in [-0.39, 0.29) is 5.56 Å². The van der Waals surface area contributed by atoms with Gasteiger partial charge in [0, 0.05) is 13.2 Å². The van der Waals surface area contributed by atoms with Crippen molar-refractivity contribution in [3.05, 3.63) is 42.4 Å². The first-order chi connectivity index (χ1) is 9.15. The highest BCUT2D eigenvalue weighted by Crippen LogP contribution is 2.32. The van der Waals surface area contributed by atoms with Crippen LogP contribution < -0.4 is 9.64 Å². The molecule has 0 fully saturated rings. The number of aromatic carboxylic acids is 1. The molecule has 0 spiro atoms. The van der Waals surface area contributed by atoms with Crippen molar-refractivity contribution in [1.82, 2.24) is 9.97 Å². The van der Waals surface area contributed by atoms with Gasteiger partial charge >= 0.3 is 5.97 Å². The van der Waals surface area contributed by atoms with Gasteiger partial charge in [0.25, 0.3) is 0 Å². The third-order valence-corrected chi connectivity index (χ3v) is 2.69. The lowest BCUT2D eigenvalue weighted by Gasteiger charge is -2.21. The Bertz CT molecular complexity index is 601. The van der Waals surface area contributed by atoms with E-state index in [1.807, 2.05) is 18.2 Å². The highest BCUT2D eigenvalue weighted by Gasteiger charge is 2.18. The van der Waals surface area contributed by atoms with Gasteiger partial charge in [-0.3, -0.25) is 0 Å². The van der Waals surface area contributed by atoms with Crippen molar-refractivity contribution in [3.8, 4) is 5.75 Å². The van der Waals surface area contributed by atoms with E-state index >= 15 is 0 Å². The molecule has 0 aliphatic carbocycles. The normalized spacial score (nSPS) is 10.0. The monoisotopic (exact) mass is 259 g/mol. The number of ether oxygens (including phenoxy) is 1. The smallest absolute Gasteiger partial charge is 0.341 e. The van der Waals surface area contributed by atoms with Crippen molar-refractivity contribution >= 4 is 17.5 Å². The number of nitrogens with zero attached hydrogens (tertiary/aromatic N) is 3. The number of rotatable bonds is 4. The van der Waals surface area contributed by atoms with Crippen LogP contribution in [-0.4, -0.2) is 35.2 Å². The van der Waals surface area contributed by atoms with Crippen LogP contribution in [0.4, 0.5) is 11.5 Å². The quantitative estimate of drug-likeness (QED) is 0.904. The van der Waals surface area contributed by atoms with Crippen LogP contribution in [0.5, 0.6) is 5.75 Å². The molecule has 98 valence electrons. The average molecular weight is 259 g/mol. The predicted molar refractivity (Wildman–Crippen MR) is 70.0 cm³/mol. The maximum atomic E-state index is 11.2. The molecule has 1 heterocycles. The van der Waals surface area contributed by atoms with Crippen LogP contribution in [-0.2, 0) is 0 Å². The van der Waals surface area contributed by atoms with Crippen molar-refractivity contribution in [2.75, 3.05) is 19.1 Å². The van der Waals surface area contributed by atoms with Crippen molar-refractivity contribution in [2.45, 2.75) is 0 Å². The third-order valence-electron chi connectivity index (χ3n) is 2.69. The maximum Gasteiger partial charge on any atom is 0.341 e. The molecular formula is C13H13N3O3. The Morgan fingerprint density at radius 1 is 1.37 bits per heavy atom. The van der Waals surface area contributed by atoms with Crippen molar-refractivity contribution in [1.29, 1.82) is 0 Å². The zero-order chi connectivity index (χ0) is 13.8. The lowest BCUT2D eigenvalue weighted by molar-refractivity contribution is 0.0697. The number of carboxylic acid groups (broad SMARTS) is 1. The van der Waals surface area contributed by atoms with Gasteiger partial charge in [-0.1, -0.05) is 12.1 Å². The molecule has 1 N–H and O–H groups in total. The molecule has 0 saturated heterocycles. The number of carboxylic acids is 1. The third kappa shape index (κ3) is 2.47. The van der Waals surface area contributed by atoms with E-state index in [0.717, 1.165) is 5.69 Å². The van der Waals surface area contributed by atoms with E-state index in [1.54, 1.807) is 25.1 Å². The number of benzene rings is 1. The summed E-state index contributed by atoms with van der Waals surface area (Å²) in [7, 11) is 3.29. The minimum atomic E-state index is -1.07. The van der Waals surface area contributed by atoms with Gasteiger partial charge in [0.1, 0.15) is 17.6 Å². The molecule has 0 radical (unpaired) electrons. The van der Waals surface area contributed by atoms with E-state index < -0.39 is 5.97 Å². The van der Waals surface area contributed by atoms with E-state index in [9.17, 15) is 4.79 Å². The molecule has 0 saturated carbocycles. The Balaban J connectivity index is 2.50. The number of methoxy groups -OCH3 is 1. The van der Waals surface area contributed by atoms with Gasteiger partial charge in [-0.25, -0.2) is 14.8 Å². The Kier molecular flexibility index (Phi) is 3.61. The van der Waals surface area contributed by atoms with Crippen molar-refractivity contribution in [3.63, 3.8) is 0 Å². The summed E-state index contributed by atoms with van der Waals surface area (Å²) in [5.74, 6) is -0.121. The first-order valence-corrected chi connectivity index (χ1v) is 5.55. The fraction of sp³-hybridized carbons (Fsp3) is 0.154. The summed E-state index contributed by atoms with van der Waals surface area (Å²) < 4.78 is 5.26. The molecule has 0 unspecified atom stereocenters. The van der Waals surface area contributed by atoms with Crippen LogP contribution in [0.1, 0.15) is 10.4 Å². The Morgan fingerprint density at radius 2 is 2.11 bits per heavy atom. The molecule has 0 aliphatic rings. The Hall–Kier alpha value is -2.63. The minimum absolute atomic E-state index is 0.0379. The number of para-hydroxylation sites is 2. The van der Waals surface area contributed by atoms with Gasteiger partial charge in [0.05, 0.1) is 12.8 Å². The lowest BCUT2D eigenvalue weighted by Crippen LogP contribution is -2.16. The summed E-state index contributed by atoms with van der Waals surface area (Å²) in [6.07, 6.45) is 2.59. The second-order valence-electron chi connectivity index (χ2n) is 3.80. The molecule has 1 aromatic heterocycles. The molecule has 1 aromatic carbocycles. The average Bonchev–Trinajstić information content (AvgIpc) is 2.46. The van der Waals surface area contributed by atoms with Crippen LogP contribution in [0, 0.1) is 0 Å². The lowest BCUT2D eigenvalue weighted by atomic mass is 10.2. The first-order valence-electron chi connectivity index (χ1n) is 5.55. The number of carbonyl (C=O) groups is 1. The number of anilines is 2. The summed E-state index contributed by atoms with van der Waals surface area (Å²) in [6.45, 7) is 0. The summed E-state index contributed by atoms with van der Waals surface area (Å²) >= 11 is 0. The van der Waals surface area contributed by atoms with Crippen LogP contribution in [0.25, 0.3) is 0 Å². The molecule has 0 bridgehead atoms. The first kappa shape index (κ1) is 12.8. The predicted octanol–water partition coefficient (Wildman–Crippen LogP) is 1.95. The van der Waals surface area contributed by atoms with E-state index in [4.69, 9.17) is 9.84 Å². The number of aromatic nitrogens is 2. The SMILES string of the molecule is COc1ccccc1N(C)c1ncncc1C(=O)O. The second-order valence-corrected chi connectivity index (χ2v) is 3.80. The molecule has 0 amide bonds. The van der Waals surface area contributed by atoms with Crippen LogP contribution in [0.2, 0.25) is 0 Å². The minimum Gasteiger partial charge on any atom is -0.495 e. The topological polar surface area (TPSA) is 75.5 Å². The van der Waals surface area contributed by atoms with Gasteiger partial charge in [-0.2, -0.15) is 0 Å². The fourth-order valence-corrected chi connectivity index (χ4v) is 1.76. The van der Waals surface area contributed by atoms with Gasteiger partial charge in [0.15, 0.2) is 5.82 Å². The highest BCUT2D eigenvalue weighted by atomic mass is 16.5. The fourth-order valence-electron chi connectivity index (χ4n) is 1.76. The van der Waals surface area contributed by atoms with Gasteiger partial charge < -0.3 is 14.7 Å². The van der Waals surface area contributed by atoms with Gasteiger partial charge in [-0.05, 0) is 12.1 Å². The van der Waals surface area contributed by atoms with Crippen LogP contribution in [0.3, 0.4) is 0 Å². The Labute approximate surface area is 110 Å². The van der Waals surface area contributed by atoms with Crippen LogP contribution in [0.15, 0.2) is 36.8 Å². The Morgan fingerprint density at radius 3 is 2.79 bits per heavy atom. The summed E-state index contributed by atoms with van der Waals surface area (Å²) in [5, 5.41) is 9.15. The molecule has 0 atom stereocenters. The molecule has 2 aromatic rings. The van der Waals surface area contributed by atoms with Crippen LogP contribution >= 0.6 is 0 Å². The van der Waals surface area contributed by atoms with E-state index in [2.05, 4.69) is 9.97 Å². The zero-order valence-corrected chi connectivity index (χ0v) is 10.6. The molecule has 19 heavy (non-hydrogen) atoms. The maximum absolute atomic E-state index is 11.2. The number of hydrogen-bond acceptors (Lipinski definition) is 5. The molecular weight excluding hydrogens is 246 g/mol. The molecule has 0 aliphatic heterocycles. The summed E-state index contributed by atoms with van der Waals surface area (Å²) in [6, 6.07) is 7.31. The summed E-state index contributed by atoms with van der Waals surface area (Å²) in [4.78, 5) is 20.6. The molecule has 6 heteroatoms. The highest BCUT2D eigenvalue weighted by molar-refractivity contribution is 5.94. The molecule has 6 nitrogen and oxygen atoms in total. The van der Waals surface area contributed by atoms with E-state index in [0.29, 0.717) is 11.6 Å². The van der Waals surface area contributed by atoms with Crippen molar-refractivity contribution in [2.24, 2.45) is 0 Å². The van der Waals surface area contributed by atoms with Gasteiger partial charge in [0.2, 0.25) is 0 Å². The summed E-state index contributed by atoms with van der Waals surface area (Å²) in [5.41, 5.74) is 0.766. The van der Waals surface area contributed by atoms with Crippen molar-refractivity contribution < 1.29 is 14.6 Å². The number of hydrogen-bond donors (Lipinski definition) is 1. The standard InChI is InChI=1S/C13H13N3O3/c1-16(10-5-3-4-6-11(10)19-2)12-9(13(17)18)7-14-8-15-12/h3-8H,1-2H3,(H,17,18). The van der Waals surface area contributed by atoms with Gasteiger partial charge in [-0.15, -0.1) is 0 Å². The van der Waals surface area contributed by atoms with E-state index in [1.165, 1.54) is 12.5 Å². The molecule has 2 rings (SSSR count).